The highest BCUT2D eigenvalue weighted by Crippen LogP contribution is 2.41. The van der Waals surface area contributed by atoms with Gasteiger partial charge >= 0.3 is 11.9 Å². The number of carbonyl (C=O) groups excluding carboxylic acids is 2. The summed E-state index contributed by atoms with van der Waals surface area (Å²) >= 11 is 6.59. The van der Waals surface area contributed by atoms with Gasteiger partial charge in [0, 0.05) is 18.2 Å². The zero-order chi connectivity index (χ0) is 26.9. The number of carboxylic acid groups (broad SMARTS) is 2. The van der Waals surface area contributed by atoms with Crippen LogP contribution in [0.4, 0.5) is 5.13 Å². The summed E-state index contributed by atoms with van der Waals surface area (Å²) in [6, 6.07) is -1.09. The molecule has 0 aromatic carbocycles. The van der Waals surface area contributed by atoms with Crippen molar-refractivity contribution in [2.45, 2.75) is 11.4 Å². The molecule has 0 saturated carbocycles. The van der Waals surface area contributed by atoms with Crippen LogP contribution in [0.5, 0.6) is 0 Å². The van der Waals surface area contributed by atoms with Crippen LogP contribution in [0.15, 0.2) is 27.9 Å². The highest BCUT2D eigenvalue weighted by molar-refractivity contribution is 8.00. The number of amides is 2. The number of nitrogens with two attached hydrogens (primary N) is 1. The first-order valence-corrected chi connectivity index (χ1v) is 12.4. The van der Waals surface area contributed by atoms with Crippen LogP contribution in [0.2, 0.25) is 0 Å². The number of allylic oxidation sites excluding steroid dienone is 1. The van der Waals surface area contributed by atoms with Gasteiger partial charge in [-0.05, 0) is 22.1 Å². The van der Waals surface area contributed by atoms with E-state index >= 15 is 0 Å². The van der Waals surface area contributed by atoms with Crippen molar-refractivity contribution in [3.05, 3.63) is 34.2 Å². The smallest absolute Gasteiger partial charge is 0.352 e. The van der Waals surface area contributed by atoms with Crippen molar-refractivity contribution in [3.63, 3.8) is 0 Å². The van der Waals surface area contributed by atoms with Crippen molar-refractivity contribution < 1.29 is 34.2 Å². The number of fused-ring (bicyclic) bond motifs is 1. The zero-order valence-electron chi connectivity index (χ0n) is 18.6. The van der Waals surface area contributed by atoms with Crippen LogP contribution in [0.1, 0.15) is 11.5 Å². The van der Waals surface area contributed by atoms with Gasteiger partial charge < -0.3 is 26.1 Å². The number of tetrazole rings is 1. The Morgan fingerprint density at radius 3 is 2.76 bits per heavy atom. The van der Waals surface area contributed by atoms with Crippen LogP contribution >= 0.6 is 35.7 Å². The van der Waals surface area contributed by atoms with Gasteiger partial charge in [-0.1, -0.05) is 5.16 Å². The third-order valence-electron chi connectivity index (χ3n) is 4.97. The quantitative estimate of drug-likeness (QED) is 0.104. The van der Waals surface area contributed by atoms with Crippen molar-refractivity contribution in [1.29, 1.82) is 0 Å². The van der Waals surface area contributed by atoms with E-state index in [-0.39, 0.29) is 22.3 Å². The lowest BCUT2D eigenvalue weighted by Gasteiger charge is -2.49. The molecule has 4 rings (SSSR count). The molecular formula is C18H17N9O7S3. The van der Waals surface area contributed by atoms with Gasteiger partial charge in [0.1, 0.15) is 22.8 Å². The fourth-order valence-corrected chi connectivity index (χ4v) is 5.59. The van der Waals surface area contributed by atoms with Gasteiger partial charge in [0.15, 0.2) is 16.7 Å². The number of hydrogen-bond acceptors (Lipinski definition) is 14. The second kappa shape index (κ2) is 10.6. The third kappa shape index (κ3) is 5.27. The van der Waals surface area contributed by atoms with Gasteiger partial charge in [-0.25, -0.2) is 19.3 Å². The number of nitrogen functional groups attached to an aromatic ring is 1. The third-order valence-corrected chi connectivity index (χ3v) is 7.28. The summed E-state index contributed by atoms with van der Waals surface area (Å²) in [6.07, 6.45) is 1.47. The average Bonchev–Trinajstić information content (AvgIpc) is 3.47. The molecule has 1 fully saturated rings. The Morgan fingerprint density at radius 1 is 1.41 bits per heavy atom. The Kier molecular flexibility index (Phi) is 7.45. The predicted molar refractivity (Wildman–Crippen MR) is 132 cm³/mol. The number of carboxylic acids is 2. The molecule has 37 heavy (non-hydrogen) atoms. The number of rotatable bonds is 9. The molecule has 2 aliphatic rings. The number of thiol groups is 1. The SMILES string of the molecule is Cn1nnnc1C(S)=CC1=C(C(=O)O)N2C(=O)C(NC(=O)C(=NOCC(=O)O)c3csc(N)n3)C2SC1. The lowest BCUT2D eigenvalue weighted by Crippen LogP contribution is -2.71. The first-order valence-electron chi connectivity index (χ1n) is 10.1. The van der Waals surface area contributed by atoms with Crippen LogP contribution in [-0.4, -0.2) is 93.5 Å². The van der Waals surface area contributed by atoms with E-state index in [2.05, 4.69) is 48.4 Å². The van der Waals surface area contributed by atoms with Gasteiger partial charge in [0.2, 0.25) is 6.61 Å². The van der Waals surface area contributed by atoms with Gasteiger partial charge in [-0.2, -0.15) is 0 Å². The van der Waals surface area contributed by atoms with Gasteiger partial charge in [-0.15, -0.1) is 40.8 Å². The second-order valence-electron chi connectivity index (χ2n) is 7.37. The summed E-state index contributed by atoms with van der Waals surface area (Å²) in [5.41, 5.74) is 5.28. The Morgan fingerprint density at radius 2 is 2.16 bits per heavy atom. The fourth-order valence-electron chi connectivity index (χ4n) is 3.39. The fraction of sp³-hybridized carbons (Fsp3) is 0.278. The largest absolute Gasteiger partial charge is 0.479 e. The minimum absolute atomic E-state index is 0.0171. The summed E-state index contributed by atoms with van der Waals surface area (Å²) in [5.74, 6) is -3.72. The number of aryl methyl sites for hydroxylation is 1. The number of nitrogens with zero attached hydrogens (tertiary/aromatic N) is 7. The molecule has 2 atom stereocenters. The molecule has 0 aliphatic carbocycles. The van der Waals surface area contributed by atoms with E-state index in [1.807, 2.05) is 0 Å². The molecule has 194 valence electrons. The molecule has 1 saturated heterocycles. The van der Waals surface area contributed by atoms with Gasteiger partial charge in [-0.3, -0.25) is 14.5 Å². The number of aliphatic carboxylic acids is 2. The van der Waals surface area contributed by atoms with Crippen molar-refractivity contribution in [2.24, 2.45) is 12.2 Å². The number of hydrogen-bond donors (Lipinski definition) is 5. The zero-order valence-corrected chi connectivity index (χ0v) is 21.2. The minimum atomic E-state index is -1.34. The van der Waals surface area contributed by atoms with Crippen LogP contribution in [0.25, 0.3) is 4.91 Å². The predicted octanol–water partition coefficient (Wildman–Crippen LogP) is -1.24. The maximum Gasteiger partial charge on any atom is 0.352 e. The number of nitrogens with one attached hydrogen (secondary N) is 1. The maximum atomic E-state index is 13.0. The van der Waals surface area contributed by atoms with E-state index in [4.69, 9.17) is 10.8 Å². The molecule has 4 heterocycles. The molecule has 2 aliphatic heterocycles. The summed E-state index contributed by atoms with van der Waals surface area (Å²) < 4.78 is 1.36. The van der Waals surface area contributed by atoms with E-state index in [0.29, 0.717) is 16.3 Å². The Balaban J connectivity index is 1.56. The van der Waals surface area contributed by atoms with Crippen LogP contribution in [0, 0.1) is 0 Å². The molecule has 2 aromatic rings. The summed E-state index contributed by atoms with van der Waals surface area (Å²) in [7, 11) is 1.59. The number of thioether (sulfide) groups is 1. The molecule has 19 heteroatoms. The highest BCUT2D eigenvalue weighted by atomic mass is 32.2. The standard InChI is InChI=1S/C18H17N9O7S3/c1-26-13(22-24-25-26)8(35)2-6-4-36-16-11(15(31)27(16)12(6)17(32)33)21-14(30)10(23-34-3-9(28)29)7-5-37-18(19)20-7/h2,5,11,16,35H,3-4H2,1H3,(H2,19,20)(H,21,30)(H,28,29)(H,32,33). The lowest BCUT2D eigenvalue weighted by molar-refractivity contribution is -0.150. The number of β-lactam (4-membered cyclic amide) rings is 1. The molecule has 0 bridgehead atoms. The number of carbonyl (C=O) groups is 4. The van der Waals surface area contributed by atoms with Gasteiger partial charge in [0.25, 0.3) is 11.8 Å². The van der Waals surface area contributed by atoms with E-state index in [1.54, 1.807) is 7.05 Å². The summed E-state index contributed by atoms with van der Waals surface area (Å²) in [4.78, 5) is 58.7. The first-order chi connectivity index (χ1) is 17.6. The molecular weight excluding hydrogens is 550 g/mol. The average molecular weight is 568 g/mol. The van der Waals surface area contributed by atoms with E-state index in [9.17, 15) is 24.3 Å². The van der Waals surface area contributed by atoms with E-state index in [1.165, 1.54) is 27.9 Å². The normalized spacial score (nSPS) is 19.8. The Labute approximate surface area is 220 Å². The van der Waals surface area contributed by atoms with Crippen LogP contribution in [-0.2, 0) is 31.1 Å². The van der Waals surface area contributed by atoms with Crippen molar-refractivity contribution in [3.8, 4) is 0 Å². The number of aromatic nitrogens is 5. The number of anilines is 1. The van der Waals surface area contributed by atoms with Crippen molar-refractivity contribution in [1.82, 2.24) is 35.4 Å². The molecule has 2 unspecified atom stereocenters. The molecule has 2 aromatic heterocycles. The number of thiazole rings is 1. The van der Waals surface area contributed by atoms with Gasteiger partial charge in [0.05, 0.1) is 4.91 Å². The van der Waals surface area contributed by atoms with Crippen molar-refractivity contribution in [2.75, 3.05) is 18.1 Å². The maximum absolute atomic E-state index is 13.0. The molecule has 2 amide bonds. The second-order valence-corrected chi connectivity index (χ2v) is 9.85. The number of oxime groups is 1. The van der Waals surface area contributed by atoms with E-state index < -0.39 is 47.5 Å². The Bertz CT molecular complexity index is 1380. The lowest BCUT2D eigenvalue weighted by atomic mass is 10.0. The summed E-state index contributed by atoms with van der Waals surface area (Å²) in [6.45, 7) is -0.814. The van der Waals surface area contributed by atoms with Crippen LogP contribution < -0.4 is 11.1 Å². The minimum Gasteiger partial charge on any atom is -0.479 e. The highest BCUT2D eigenvalue weighted by Gasteiger charge is 2.54. The first kappa shape index (κ1) is 26.1. The molecule has 0 spiro atoms. The summed E-state index contributed by atoms with van der Waals surface area (Å²) in [5, 5.41) is 36.5. The molecule has 16 nitrogen and oxygen atoms in total. The molecule has 5 N–H and O–H groups in total. The van der Waals surface area contributed by atoms with E-state index in [0.717, 1.165) is 16.2 Å². The molecule has 0 radical (unpaired) electrons. The Hall–Kier alpha value is -3.97. The van der Waals surface area contributed by atoms with Crippen molar-refractivity contribution >= 4 is 75.2 Å². The van der Waals surface area contributed by atoms with Crippen LogP contribution in [0.3, 0.4) is 0 Å². The topological polar surface area (TPSA) is 228 Å². The monoisotopic (exact) mass is 567 g/mol.